The first-order valence-corrected chi connectivity index (χ1v) is 6.30. The summed E-state index contributed by atoms with van der Waals surface area (Å²) in [7, 11) is 0. The maximum atomic E-state index is 11.6. The van der Waals surface area contributed by atoms with Gasteiger partial charge in [0.2, 0.25) is 5.91 Å². The van der Waals surface area contributed by atoms with E-state index in [0.29, 0.717) is 4.83 Å². The van der Waals surface area contributed by atoms with Crippen LogP contribution in [0.3, 0.4) is 0 Å². The SMILES string of the molecule is CCC(Br)CCNC(=O)C1CC1(C)C. The van der Waals surface area contributed by atoms with Gasteiger partial charge >= 0.3 is 0 Å². The Morgan fingerprint density at radius 3 is 2.64 bits per heavy atom. The van der Waals surface area contributed by atoms with Crippen molar-refractivity contribution in [3.8, 4) is 0 Å². The minimum absolute atomic E-state index is 0.241. The lowest BCUT2D eigenvalue weighted by Gasteiger charge is -2.08. The molecule has 0 aromatic carbocycles. The van der Waals surface area contributed by atoms with E-state index in [0.717, 1.165) is 25.8 Å². The molecular formula is C11H20BrNO. The Balaban J connectivity index is 2.11. The van der Waals surface area contributed by atoms with Crippen LogP contribution in [0.15, 0.2) is 0 Å². The van der Waals surface area contributed by atoms with E-state index < -0.39 is 0 Å². The predicted octanol–water partition coefficient (Wildman–Crippen LogP) is 2.71. The summed E-state index contributed by atoms with van der Waals surface area (Å²) in [6.07, 6.45) is 3.19. The van der Waals surface area contributed by atoms with Crippen LogP contribution in [0.4, 0.5) is 0 Å². The average Bonchev–Trinajstić information content (AvgIpc) is 2.75. The lowest BCUT2D eigenvalue weighted by Crippen LogP contribution is -2.28. The highest BCUT2D eigenvalue weighted by molar-refractivity contribution is 9.09. The minimum atomic E-state index is 0.241. The number of rotatable bonds is 5. The molecule has 0 aromatic rings. The highest BCUT2D eigenvalue weighted by Gasteiger charge is 2.50. The molecule has 0 heterocycles. The molecule has 1 saturated carbocycles. The van der Waals surface area contributed by atoms with Crippen molar-refractivity contribution in [2.24, 2.45) is 11.3 Å². The van der Waals surface area contributed by atoms with Gasteiger partial charge in [0.1, 0.15) is 0 Å². The monoisotopic (exact) mass is 261 g/mol. The summed E-state index contributed by atoms with van der Waals surface area (Å²) in [4.78, 5) is 12.1. The summed E-state index contributed by atoms with van der Waals surface area (Å²) in [6.45, 7) is 7.24. The van der Waals surface area contributed by atoms with E-state index in [1.807, 2.05) is 0 Å². The molecule has 0 aromatic heterocycles. The summed E-state index contributed by atoms with van der Waals surface area (Å²) in [5.41, 5.74) is 0.253. The van der Waals surface area contributed by atoms with E-state index >= 15 is 0 Å². The standard InChI is InChI=1S/C11H20BrNO/c1-4-8(12)5-6-13-10(14)9-7-11(9,2)3/h8-9H,4-7H2,1-3H3,(H,13,14). The third-order valence-electron chi connectivity index (χ3n) is 3.03. The van der Waals surface area contributed by atoms with E-state index in [2.05, 4.69) is 42.0 Å². The predicted molar refractivity (Wildman–Crippen MR) is 62.5 cm³/mol. The van der Waals surface area contributed by atoms with Crippen molar-refractivity contribution >= 4 is 21.8 Å². The quantitative estimate of drug-likeness (QED) is 0.758. The number of alkyl halides is 1. The lowest BCUT2D eigenvalue weighted by molar-refractivity contribution is -0.122. The summed E-state index contributed by atoms with van der Waals surface area (Å²) in [5.74, 6) is 0.503. The molecule has 1 N–H and O–H groups in total. The Morgan fingerprint density at radius 1 is 1.64 bits per heavy atom. The van der Waals surface area contributed by atoms with E-state index in [1.165, 1.54) is 0 Å². The van der Waals surface area contributed by atoms with Crippen molar-refractivity contribution in [1.82, 2.24) is 5.32 Å². The van der Waals surface area contributed by atoms with Gasteiger partial charge in [0, 0.05) is 17.3 Å². The first kappa shape index (κ1) is 12.0. The van der Waals surface area contributed by atoms with Crippen LogP contribution in [0.5, 0.6) is 0 Å². The van der Waals surface area contributed by atoms with Gasteiger partial charge in [-0.2, -0.15) is 0 Å². The van der Waals surface area contributed by atoms with E-state index in [9.17, 15) is 4.79 Å². The molecular weight excluding hydrogens is 242 g/mol. The molecule has 0 saturated heterocycles. The summed E-state index contributed by atoms with van der Waals surface area (Å²) >= 11 is 3.55. The Hall–Kier alpha value is -0.0500. The Labute approximate surface area is 95.0 Å². The molecule has 2 nitrogen and oxygen atoms in total. The Bertz CT molecular complexity index is 215. The Kier molecular flexibility index (Phi) is 3.99. The molecule has 3 heteroatoms. The van der Waals surface area contributed by atoms with Gasteiger partial charge in [-0.1, -0.05) is 36.7 Å². The first-order chi connectivity index (χ1) is 6.47. The zero-order chi connectivity index (χ0) is 10.8. The first-order valence-electron chi connectivity index (χ1n) is 5.39. The van der Waals surface area contributed by atoms with Crippen molar-refractivity contribution in [2.75, 3.05) is 6.54 Å². The van der Waals surface area contributed by atoms with Gasteiger partial charge in [-0.15, -0.1) is 0 Å². The van der Waals surface area contributed by atoms with Gasteiger partial charge in [0.25, 0.3) is 0 Å². The van der Waals surface area contributed by atoms with E-state index in [4.69, 9.17) is 0 Å². The average molecular weight is 262 g/mol. The van der Waals surface area contributed by atoms with E-state index in [-0.39, 0.29) is 17.2 Å². The van der Waals surface area contributed by atoms with Crippen LogP contribution in [-0.4, -0.2) is 17.3 Å². The number of halogens is 1. The van der Waals surface area contributed by atoms with Crippen molar-refractivity contribution < 1.29 is 4.79 Å². The van der Waals surface area contributed by atoms with Gasteiger partial charge < -0.3 is 5.32 Å². The molecule has 0 radical (unpaired) electrons. The van der Waals surface area contributed by atoms with Crippen molar-refractivity contribution in [2.45, 2.75) is 44.9 Å². The number of carbonyl (C=O) groups is 1. The molecule has 14 heavy (non-hydrogen) atoms. The van der Waals surface area contributed by atoms with Crippen LogP contribution >= 0.6 is 15.9 Å². The Morgan fingerprint density at radius 2 is 2.21 bits per heavy atom. The summed E-state index contributed by atoms with van der Waals surface area (Å²) < 4.78 is 0. The van der Waals surface area contributed by atoms with Crippen molar-refractivity contribution in [3.05, 3.63) is 0 Å². The van der Waals surface area contributed by atoms with Gasteiger partial charge in [-0.05, 0) is 24.7 Å². The second kappa shape index (κ2) is 4.65. The lowest BCUT2D eigenvalue weighted by atomic mass is 10.1. The fourth-order valence-electron chi connectivity index (χ4n) is 1.59. The topological polar surface area (TPSA) is 29.1 Å². The number of hydrogen-bond acceptors (Lipinski definition) is 1. The molecule has 0 spiro atoms. The minimum Gasteiger partial charge on any atom is -0.356 e. The molecule has 1 fully saturated rings. The molecule has 82 valence electrons. The number of nitrogens with one attached hydrogen (secondary N) is 1. The van der Waals surface area contributed by atoms with Gasteiger partial charge in [0.05, 0.1) is 0 Å². The zero-order valence-corrected chi connectivity index (χ0v) is 10.9. The molecule has 0 aliphatic heterocycles. The maximum absolute atomic E-state index is 11.6. The van der Waals surface area contributed by atoms with Crippen molar-refractivity contribution in [1.29, 1.82) is 0 Å². The van der Waals surface area contributed by atoms with E-state index in [1.54, 1.807) is 0 Å². The number of carbonyl (C=O) groups excluding carboxylic acids is 1. The highest BCUT2D eigenvalue weighted by atomic mass is 79.9. The van der Waals surface area contributed by atoms with Gasteiger partial charge in [-0.25, -0.2) is 0 Å². The van der Waals surface area contributed by atoms with Crippen LogP contribution in [-0.2, 0) is 4.79 Å². The number of hydrogen-bond donors (Lipinski definition) is 1. The van der Waals surface area contributed by atoms with Crippen LogP contribution in [0.1, 0.15) is 40.0 Å². The molecule has 0 bridgehead atoms. The molecule has 2 atom stereocenters. The second-order valence-corrected chi connectivity index (χ2v) is 6.13. The van der Waals surface area contributed by atoms with Crippen LogP contribution in [0.2, 0.25) is 0 Å². The molecule has 1 amide bonds. The summed E-state index contributed by atoms with van der Waals surface area (Å²) in [5, 5.41) is 3.00. The van der Waals surface area contributed by atoms with Crippen LogP contribution in [0.25, 0.3) is 0 Å². The fraction of sp³-hybridized carbons (Fsp3) is 0.909. The smallest absolute Gasteiger partial charge is 0.223 e. The molecule has 1 rings (SSSR count). The zero-order valence-electron chi connectivity index (χ0n) is 9.27. The molecule has 1 aliphatic rings. The number of amides is 1. The third-order valence-corrected chi connectivity index (χ3v) is 4.14. The fourth-order valence-corrected chi connectivity index (χ4v) is 1.82. The maximum Gasteiger partial charge on any atom is 0.223 e. The largest absolute Gasteiger partial charge is 0.356 e. The summed E-state index contributed by atoms with van der Waals surface area (Å²) in [6, 6.07) is 0. The van der Waals surface area contributed by atoms with Gasteiger partial charge in [-0.3, -0.25) is 4.79 Å². The van der Waals surface area contributed by atoms with Crippen LogP contribution < -0.4 is 5.32 Å². The molecule has 1 aliphatic carbocycles. The van der Waals surface area contributed by atoms with Crippen molar-refractivity contribution in [3.63, 3.8) is 0 Å². The van der Waals surface area contributed by atoms with Gasteiger partial charge in [0.15, 0.2) is 0 Å². The van der Waals surface area contributed by atoms with Crippen LogP contribution in [0, 0.1) is 11.3 Å². The third kappa shape index (κ3) is 3.26. The second-order valence-electron chi connectivity index (χ2n) is 4.83. The highest BCUT2D eigenvalue weighted by Crippen LogP contribution is 2.51. The normalized spacial score (nSPS) is 25.6. The molecule has 2 unspecified atom stereocenters.